The highest BCUT2D eigenvalue weighted by Gasteiger charge is 2.28. The molecule has 4 rings (SSSR count). The molecule has 8 heteroatoms. The summed E-state index contributed by atoms with van der Waals surface area (Å²) in [5, 5.41) is 12.4. The summed E-state index contributed by atoms with van der Waals surface area (Å²) in [6.07, 6.45) is 5.81. The SMILES string of the molecule is Cc1noc(-c2cccnc2N2CCCC(c3nncn3C(C)C)C2)n1. The highest BCUT2D eigenvalue weighted by molar-refractivity contribution is 5.69. The smallest absolute Gasteiger partial charge is 0.261 e. The first-order chi connectivity index (χ1) is 12.6. The van der Waals surface area contributed by atoms with Gasteiger partial charge in [-0.25, -0.2) is 4.98 Å². The van der Waals surface area contributed by atoms with Crippen LogP contribution in [-0.4, -0.2) is 43.0 Å². The Hall–Kier alpha value is -2.77. The van der Waals surface area contributed by atoms with Crippen molar-refractivity contribution in [2.45, 2.75) is 45.6 Å². The standard InChI is InChI=1S/C18H23N7O/c1-12(2)25-11-20-22-16(25)14-6-5-9-24(10-14)17-15(7-4-8-19-17)18-21-13(3)23-26-18/h4,7-8,11-12,14H,5-6,9-10H2,1-3H3. The van der Waals surface area contributed by atoms with Gasteiger partial charge in [0.2, 0.25) is 0 Å². The zero-order valence-corrected chi connectivity index (χ0v) is 15.3. The van der Waals surface area contributed by atoms with Crippen molar-refractivity contribution >= 4 is 5.82 Å². The van der Waals surface area contributed by atoms with Crippen molar-refractivity contribution in [3.05, 3.63) is 36.3 Å². The van der Waals surface area contributed by atoms with Crippen LogP contribution in [0.2, 0.25) is 0 Å². The number of nitrogens with zero attached hydrogens (tertiary/aromatic N) is 7. The van der Waals surface area contributed by atoms with Crippen LogP contribution in [0.1, 0.15) is 50.3 Å². The van der Waals surface area contributed by atoms with Crippen molar-refractivity contribution in [3.63, 3.8) is 0 Å². The third-order valence-corrected chi connectivity index (χ3v) is 4.79. The lowest BCUT2D eigenvalue weighted by molar-refractivity contribution is 0.424. The van der Waals surface area contributed by atoms with E-state index in [1.54, 1.807) is 0 Å². The lowest BCUT2D eigenvalue weighted by Gasteiger charge is -2.34. The molecule has 0 spiro atoms. The van der Waals surface area contributed by atoms with Gasteiger partial charge in [-0.15, -0.1) is 10.2 Å². The highest BCUT2D eigenvalue weighted by atomic mass is 16.5. The Morgan fingerprint density at radius 3 is 2.96 bits per heavy atom. The molecule has 0 aliphatic carbocycles. The van der Waals surface area contributed by atoms with Gasteiger partial charge in [0, 0.05) is 31.2 Å². The molecule has 1 aliphatic heterocycles. The predicted molar refractivity (Wildman–Crippen MR) is 96.9 cm³/mol. The van der Waals surface area contributed by atoms with E-state index in [1.807, 2.05) is 31.6 Å². The number of hydrogen-bond donors (Lipinski definition) is 0. The maximum atomic E-state index is 5.38. The second-order valence-electron chi connectivity index (χ2n) is 7.00. The quantitative estimate of drug-likeness (QED) is 0.712. The molecule has 3 aromatic heterocycles. The second-order valence-corrected chi connectivity index (χ2v) is 7.00. The van der Waals surface area contributed by atoms with Crippen LogP contribution in [0.4, 0.5) is 5.82 Å². The van der Waals surface area contributed by atoms with E-state index in [0.29, 0.717) is 23.7 Å². The van der Waals surface area contributed by atoms with E-state index in [9.17, 15) is 0 Å². The average Bonchev–Trinajstić information content (AvgIpc) is 3.31. The molecule has 0 radical (unpaired) electrons. The Morgan fingerprint density at radius 2 is 2.19 bits per heavy atom. The summed E-state index contributed by atoms with van der Waals surface area (Å²) < 4.78 is 7.54. The molecule has 0 saturated carbocycles. The fraction of sp³-hybridized carbons (Fsp3) is 0.500. The van der Waals surface area contributed by atoms with Gasteiger partial charge in [0.25, 0.3) is 5.89 Å². The summed E-state index contributed by atoms with van der Waals surface area (Å²) in [6, 6.07) is 4.23. The van der Waals surface area contributed by atoms with Crippen LogP contribution in [0.15, 0.2) is 29.2 Å². The van der Waals surface area contributed by atoms with Crippen LogP contribution < -0.4 is 4.90 Å². The van der Waals surface area contributed by atoms with Gasteiger partial charge in [0.1, 0.15) is 18.0 Å². The summed E-state index contributed by atoms with van der Waals surface area (Å²) in [4.78, 5) is 11.3. The minimum Gasteiger partial charge on any atom is -0.355 e. The first-order valence-corrected chi connectivity index (χ1v) is 9.03. The van der Waals surface area contributed by atoms with Gasteiger partial charge in [-0.1, -0.05) is 5.16 Å². The zero-order chi connectivity index (χ0) is 18.1. The molecule has 136 valence electrons. The largest absolute Gasteiger partial charge is 0.355 e. The molecule has 3 aromatic rings. The van der Waals surface area contributed by atoms with E-state index in [4.69, 9.17) is 4.52 Å². The van der Waals surface area contributed by atoms with E-state index in [1.165, 1.54) is 0 Å². The second kappa shape index (κ2) is 6.86. The van der Waals surface area contributed by atoms with E-state index in [0.717, 1.165) is 43.1 Å². The Balaban J connectivity index is 1.64. The van der Waals surface area contributed by atoms with Gasteiger partial charge >= 0.3 is 0 Å². The Morgan fingerprint density at radius 1 is 1.31 bits per heavy atom. The number of piperidine rings is 1. The number of aromatic nitrogens is 6. The van der Waals surface area contributed by atoms with Gasteiger partial charge in [-0.05, 0) is 45.7 Å². The summed E-state index contributed by atoms with van der Waals surface area (Å²) >= 11 is 0. The van der Waals surface area contributed by atoms with Crippen molar-refractivity contribution in [1.29, 1.82) is 0 Å². The fourth-order valence-corrected chi connectivity index (χ4v) is 3.54. The fourth-order valence-electron chi connectivity index (χ4n) is 3.54. The molecule has 0 aromatic carbocycles. The summed E-state index contributed by atoms with van der Waals surface area (Å²) in [6.45, 7) is 7.93. The van der Waals surface area contributed by atoms with Crippen LogP contribution in [-0.2, 0) is 0 Å². The van der Waals surface area contributed by atoms with E-state index >= 15 is 0 Å². The molecule has 1 saturated heterocycles. The molecule has 4 heterocycles. The van der Waals surface area contributed by atoms with Crippen LogP contribution >= 0.6 is 0 Å². The first kappa shape index (κ1) is 16.7. The number of pyridine rings is 1. The van der Waals surface area contributed by atoms with Gasteiger partial charge < -0.3 is 14.0 Å². The highest BCUT2D eigenvalue weighted by Crippen LogP contribution is 2.33. The predicted octanol–water partition coefficient (Wildman–Crippen LogP) is 3.00. The lowest BCUT2D eigenvalue weighted by Crippen LogP contribution is -2.36. The monoisotopic (exact) mass is 353 g/mol. The van der Waals surface area contributed by atoms with Gasteiger partial charge in [-0.3, -0.25) is 0 Å². The summed E-state index contributed by atoms with van der Waals surface area (Å²) in [5.74, 6) is 3.40. The molecule has 0 bridgehead atoms. The van der Waals surface area contributed by atoms with Crippen LogP contribution in [0.3, 0.4) is 0 Å². The van der Waals surface area contributed by atoms with Gasteiger partial charge in [0.15, 0.2) is 5.82 Å². The molecule has 1 fully saturated rings. The molecular formula is C18H23N7O. The molecule has 26 heavy (non-hydrogen) atoms. The normalized spacial score (nSPS) is 17.8. The van der Waals surface area contributed by atoms with Gasteiger partial charge in [-0.2, -0.15) is 4.98 Å². The molecule has 0 N–H and O–H groups in total. The maximum Gasteiger partial charge on any atom is 0.261 e. The van der Waals surface area contributed by atoms with Crippen molar-refractivity contribution < 1.29 is 4.52 Å². The number of hydrogen-bond acceptors (Lipinski definition) is 7. The van der Waals surface area contributed by atoms with E-state index < -0.39 is 0 Å². The Kier molecular flexibility index (Phi) is 4.40. The molecular weight excluding hydrogens is 330 g/mol. The molecule has 0 amide bonds. The van der Waals surface area contributed by atoms with Crippen molar-refractivity contribution in [1.82, 2.24) is 29.9 Å². The molecule has 1 unspecified atom stereocenters. The average molecular weight is 353 g/mol. The van der Waals surface area contributed by atoms with E-state index in [-0.39, 0.29) is 0 Å². The lowest BCUT2D eigenvalue weighted by atomic mass is 9.96. The Bertz CT molecular complexity index is 885. The molecule has 8 nitrogen and oxygen atoms in total. The summed E-state index contributed by atoms with van der Waals surface area (Å²) in [5.41, 5.74) is 0.874. The molecule has 1 aliphatic rings. The minimum atomic E-state index is 0.327. The third-order valence-electron chi connectivity index (χ3n) is 4.79. The van der Waals surface area contributed by atoms with Crippen LogP contribution in [0, 0.1) is 6.92 Å². The van der Waals surface area contributed by atoms with Crippen molar-refractivity contribution in [2.75, 3.05) is 18.0 Å². The maximum absolute atomic E-state index is 5.38. The van der Waals surface area contributed by atoms with Crippen molar-refractivity contribution in [3.8, 4) is 11.5 Å². The summed E-state index contributed by atoms with van der Waals surface area (Å²) in [7, 11) is 0. The first-order valence-electron chi connectivity index (χ1n) is 9.03. The van der Waals surface area contributed by atoms with Crippen molar-refractivity contribution in [2.24, 2.45) is 0 Å². The Labute approximate surface area is 152 Å². The minimum absolute atomic E-state index is 0.327. The molecule has 1 atom stereocenters. The third kappa shape index (κ3) is 3.07. The van der Waals surface area contributed by atoms with Gasteiger partial charge in [0.05, 0.1) is 5.56 Å². The van der Waals surface area contributed by atoms with E-state index in [2.05, 4.69) is 48.6 Å². The number of rotatable bonds is 4. The topological polar surface area (TPSA) is 85.8 Å². The number of anilines is 1. The number of aryl methyl sites for hydroxylation is 1. The van der Waals surface area contributed by atoms with Crippen LogP contribution in [0.5, 0.6) is 0 Å². The van der Waals surface area contributed by atoms with Crippen LogP contribution in [0.25, 0.3) is 11.5 Å². The zero-order valence-electron chi connectivity index (χ0n) is 15.3.